The van der Waals surface area contributed by atoms with Crippen LogP contribution < -0.4 is 5.32 Å². The van der Waals surface area contributed by atoms with Crippen LogP contribution in [0.15, 0.2) is 4.52 Å². The van der Waals surface area contributed by atoms with Gasteiger partial charge in [-0.3, -0.25) is 9.59 Å². The topological polar surface area (TPSA) is 94.3 Å². The second-order valence-corrected chi connectivity index (χ2v) is 2.62. The van der Waals surface area contributed by atoms with Gasteiger partial charge < -0.3 is 14.6 Å². The average molecular weight is 213 g/mol. The molecule has 1 heterocycles. The minimum absolute atomic E-state index is 0.100. The number of nitrogens with one attached hydrogen (secondary N) is 1. The van der Waals surface area contributed by atoms with Crippen LogP contribution in [0.5, 0.6) is 0 Å². The predicted molar refractivity (Wildman–Crippen MR) is 48.0 cm³/mol. The molecule has 1 rings (SSSR count). The summed E-state index contributed by atoms with van der Waals surface area (Å²) in [5.41, 5.74) is 0. The molecular weight excluding hydrogens is 202 g/mol. The predicted octanol–water partition coefficient (Wildman–Crippen LogP) is -0.329. The van der Waals surface area contributed by atoms with Gasteiger partial charge in [-0.25, -0.2) is 0 Å². The summed E-state index contributed by atoms with van der Waals surface area (Å²) in [7, 11) is 0. The third-order valence-electron chi connectivity index (χ3n) is 1.43. The highest BCUT2D eigenvalue weighted by Gasteiger charge is 2.13. The number of ether oxygens (including phenoxy) is 1. The molecule has 0 saturated heterocycles. The monoisotopic (exact) mass is 213 g/mol. The number of amides is 1. The number of carbonyl (C=O) groups is 2. The first-order chi connectivity index (χ1) is 7.13. The molecule has 0 fully saturated rings. The first-order valence-electron chi connectivity index (χ1n) is 4.37. The van der Waals surface area contributed by atoms with Crippen LogP contribution in [0.25, 0.3) is 0 Å². The number of aryl methyl sites for hydroxylation is 1. The summed E-state index contributed by atoms with van der Waals surface area (Å²) in [5.74, 6) is -0.890. The number of carbonyl (C=O) groups excluding carboxylic acids is 2. The van der Waals surface area contributed by atoms with E-state index in [0.29, 0.717) is 0 Å². The standard InChI is InChI=1S/C8H11N3O4/c1-3-14-6(12)4-9-8(13)7-10-5(2)15-11-7/h3-4H2,1-2H3,(H,9,13). The van der Waals surface area contributed by atoms with E-state index in [-0.39, 0.29) is 24.9 Å². The molecule has 7 heteroatoms. The summed E-state index contributed by atoms with van der Waals surface area (Å²) in [6.07, 6.45) is 0. The quantitative estimate of drug-likeness (QED) is 0.688. The Hall–Kier alpha value is -1.92. The SMILES string of the molecule is CCOC(=O)CNC(=O)c1noc(C)n1. The van der Waals surface area contributed by atoms with Crippen molar-refractivity contribution in [3.8, 4) is 0 Å². The summed E-state index contributed by atoms with van der Waals surface area (Å²) >= 11 is 0. The van der Waals surface area contributed by atoms with Gasteiger partial charge in [-0.2, -0.15) is 4.98 Å². The summed E-state index contributed by atoms with van der Waals surface area (Å²) in [5, 5.41) is 5.69. The van der Waals surface area contributed by atoms with E-state index in [1.54, 1.807) is 13.8 Å². The zero-order valence-electron chi connectivity index (χ0n) is 8.44. The Morgan fingerprint density at radius 3 is 2.80 bits per heavy atom. The fraction of sp³-hybridized carbons (Fsp3) is 0.500. The number of rotatable bonds is 4. The number of aromatic nitrogens is 2. The molecule has 0 aliphatic rings. The molecule has 0 aromatic carbocycles. The Bertz CT molecular complexity index is 361. The van der Waals surface area contributed by atoms with Crippen molar-refractivity contribution in [1.82, 2.24) is 15.5 Å². The molecule has 1 aromatic rings. The van der Waals surface area contributed by atoms with Gasteiger partial charge in [0.1, 0.15) is 6.54 Å². The van der Waals surface area contributed by atoms with Crippen molar-refractivity contribution < 1.29 is 18.8 Å². The Balaban J connectivity index is 2.40. The minimum atomic E-state index is -0.570. The zero-order chi connectivity index (χ0) is 11.3. The van der Waals surface area contributed by atoms with Crippen LogP contribution in [-0.4, -0.2) is 35.2 Å². The van der Waals surface area contributed by atoms with Gasteiger partial charge in [0.05, 0.1) is 6.61 Å². The van der Waals surface area contributed by atoms with Crippen molar-refractivity contribution in [2.75, 3.05) is 13.2 Å². The van der Waals surface area contributed by atoms with Gasteiger partial charge in [-0.1, -0.05) is 5.16 Å². The molecule has 0 radical (unpaired) electrons. The van der Waals surface area contributed by atoms with E-state index in [1.807, 2.05) is 0 Å². The molecule has 0 spiro atoms. The maximum atomic E-state index is 11.3. The van der Waals surface area contributed by atoms with Crippen LogP contribution >= 0.6 is 0 Å². The summed E-state index contributed by atoms with van der Waals surface area (Å²) < 4.78 is 9.22. The summed E-state index contributed by atoms with van der Waals surface area (Å²) in [6.45, 7) is 3.31. The molecule has 7 nitrogen and oxygen atoms in total. The normalized spacial score (nSPS) is 9.73. The molecule has 0 bridgehead atoms. The van der Waals surface area contributed by atoms with E-state index in [4.69, 9.17) is 0 Å². The van der Waals surface area contributed by atoms with E-state index in [1.165, 1.54) is 0 Å². The first-order valence-corrected chi connectivity index (χ1v) is 4.37. The van der Waals surface area contributed by atoms with E-state index in [0.717, 1.165) is 0 Å². The van der Waals surface area contributed by atoms with Gasteiger partial charge >= 0.3 is 5.97 Å². The number of hydrogen-bond acceptors (Lipinski definition) is 6. The third kappa shape index (κ3) is 3.37. The van der Waals surface area contributed by atoms with Crippen LogP contribution in [0.3, 0.4) is 0 Å². The largest absolute Gasteiger partial charge is 0.465 e. The molecule has 0 aliphatic carbocycles. The van der Waals surface area contributed by atoms with Crippen molar-refractivity contribution in [3.63, 3.8) is 0 Å². The zero-order valence-corrected chi connectivity index (χ0v) is 8.44. The van der Waals surface area contributed by atoms with Crippen LogP contribution in [0.2, 0.25) is 0 Å². The first kappa shape index (κ1) is 11.2. The maximum Gasteiger partial charge on any atom is 0.325 e. The van der Waals surface area contributed by atoms with Crippen molar-refractivity contribution in [2.24, 2.45) is 0 Å². The molecule has 1 aromatic heterocycles. The van der Waals surface area contributed by atoms with Gasteiger partial charge in [-0.15, -0.1) is 0 Å². The molecule has 0 unspecified atom stereocenters. The highest BCUT2D eigenvalue weighted by molar-refractivity contribution is 5.92. The van der Waals surface area contributed by atoms with E-state index >= 15 is 0 Å². The second-order valence-electron chi connectivity index (χ2n) is 2.62. The Kier molecular flexibility index (Phi) is 3.78. The molecule has 82 valence electrons. The van der Waals surface area contributed by atoms with Crippen LogP contribution in [0.4, 0.5) is 0 Å². The van der Waals surface area contributed by atoms with E-state index < -0.39 is 11.9 Å². The highest BCUT2D eigenvalue weighted by Crippen LogP contribution is 1.93. The van der Waals surface area contributed by atoms with Gasteiger partial charge in [0, 0.05) is 6.92 Å². The third-order valence-corrected chi connectivity index (χ3v) is 1.43. The lowest BCUT2D eigenvalue weighted by Crippen LogP contribution is -2.31. The van der Waals surface area contributed by atoms with Crippen LogP contribution in [0, 0.1) is 6.92 Å². The lowest BCUT2D eigenvalue weighted by Gasteiger charge is -2.01. The average Bonchev–Trinajstić information content (AvgIpc) is 2.62. The molecule has 0 saturated carbocycles. The van der Waals surface area contributed by atoms with E-state index in [9.17, 15) is 9.59 Å². The maximum absolute atomic E-state index is 11.3. The highest BCUT2D eigenvalue weighted by atomic mass is 16.5. The number of esters is 1. The number of nitrogens with zero attached hydrogens (tertiary/aromatic N) is 2. The molecule has 15 heavy (non-hydrogen) atoms. The summed E-state index contributed by atoms with van der Waals surface area (Å²) in [6, 6.07) is 0. The lowest BCUT2D eigenvalue weighted by molar-refractivity contribution is -0.141. The molecular formula is C8H11N3O4. The van der Waals surface area contributed by atoms with E-state index in [2.05, 4.69) is 24.7 Å². The molecule has 1 amide bonds. The lowest BCUT2D eigenvalue weighted by atomic mass is 10.5. The smallest absolute Gasteiger partial charge is 0.325 e. The van der Waals surface area contributed by atoms with Gasteiger partial charge in [-0.05, 0) is 6.92 Å². The van der Waals surface area contributed by atoms with Crippen molar-refractivity contribution in [3.05, 3.63) is 11.7 Å². The molecule has 0 atom stereocenters. The Morgan fingerprint density at radius 1 is 1.53 bits per heavy atom. The Morgan fingerprint density at radius 2 is 2.27 bits per heavy atom. The fourth-order valence-corrected chi connectivity index (χ4v) is 0.835. The van der Waals surface area contributed by atoms with Crippen molar-refractivity contribution in [2.45, 2.75) is 13.8 Å². The van der Waals surface area contributed by atoms with Crippen molar-refractivity contribution >= 4 is 11.9 Å². The second kappa shape index (κ2) is 5.08. The molecule has 0 aliphatic heterocycles. The van der Waals surface area contributed by atoms with Crippen molar-refractivity contribution in [1.29, 1.82) is 0 Å². The van der Waals surface area contributed by atoms with Gasteiger partial charge in [0.25, 0.3) is 11.7 Å². The van der Waals surface area contributed by atoms with Crippen LogP contribution in [0.1, 0.15) is 23.4 Å². The minimum Gasteiger partial charge on any atom is -0.465 e. The Labute approximate surface area is 85.8 Å². The van der Waals surface area contributed by atoms with Gasteiger partial charge in [0.2, 0.25) is 5.89 Å². The summed E-state index contributed by atoms with van der Waals surface area (Å²) in [4.78, 5) is 25.8. The van der Waals surface area contributed by atoms with Gasteiger partial charge in [0.15, 0.2) is 0 Å². The number of hydrogen-bond donors (Lipinski definition) is 1. The molecule has 1 N–H and O–H groups in total. The fourth-order valence-electron chi connectivity index (χ4n) is 0.835. The van der Waals surface area contributed by atoms with Crippen LogP contribution in [-0.2, 0) is 9.53 Å².